The first-order valence-corrected chi connectivity index (χ1v) is 12.0. The summed E-state index contributed by atoms with van der Waals surface area (Å²) in [7, 11) is 0. The second kappa shape index (κ2) is 9.64. The topological polar surface area (TPSA) is 87.4 Å². The minimum Gasteiger partial charge on any atom is -0.505 e. The van der Waals surface area contributed by atoms with E-state index in [0.29, 0.717) is 36.8 Å². The third kappa shape index (κ3) is 4.35. The molecule has 8 nitrogen and oxygen atoms in total. The average Bonchev–Trinajstić information content (AvgIpc) is 3.33. The lowest BCUT2D eigenvalue weighted by Crippen LogP contribution is -2.38. The molecule has 0 saturated carbocycles. The summed E-state index contributed by atoms with van der Waals surface area (Å²) in [6, 6.07) is 12.7. The van der Waals surface area contributed by atoms with Gasteiger partial charge in [0.25, 0.3) is 11.7 Å². The lowest BCUT2D eigenvalue weighted by Gasteiger charge is -2.29. The third-order valence-corrected chi connectivity index (χ3v) is 6.84. The van der Waals surface area contributed by atoms with Crippen molar-refractivity contribution in [3.8, 4) is 0 Å². The molecule has 35 heavy (non-hydrogen) atoms. The number of benzene rings is 1. The number of likely N-dealkylation sites (tertiary alicyclic amines) is 1. The van der Waals surface area contributed by atoms with E-state index in [2.05, 4.69) is 9.88 Å². The minimum absolute atomic E-state index is 0.110. The van der Waals surface area contributed by atoms with E-state index in [1.165, 1.54) is 0 Å². The zero-order chi connectivity index (χ0) is 24.5. The number of rotatable bonds is 6. The van der Waals surface area contributed by atoms with Crippen LogP contribution in [0.15, 0.2) is 54.2 Å². The number of fused-ring (bicyclic) bond motifs is 1. The van der Waals surface area contributed by atoms with Crippen LogP contribution in [0.5, 0.6) is 0 Å². The van der Waals surface area contributed by atoms with Gasteiger partial charge in [0.1, 0.15) is 11.3 Å². The van der Waals surface area contributed by atoms with Gasteiger partial charge in [-0.15, -0.1) is 0 Å². The molecular formula is C27H30N4O4. The van der Waals surface area contributed by atoms with Gasteiger partial charge >= 0.3 is 0 Å². The number of hydrogen-bond acceptors (Lipinski definition) is 6. The van der Waals surface area contributed by atoms with Crippen LogP contribution >= 0.6 is 0 Å². The highest BCUT2D eigenvalue weighted by atomic mass is 16.5. The van der Waals surface area contributed by atoms with E-state index in [1.54, 1.807) is 22.4 Å². The van der Waals surface area contributed by atoms with Gasteiger partial charge in [0, 0.05) is 32.4 Å². The van der Waals surface area contributed by atoms with Crippen LogP contribution in [0.25, 0.3) is 11.4 Å². The maximum absolute atomic E-state index is 13.3. The predicted octanol–water partition coefficient (Wildman–Crippen LogP) is 3.10. The van der Waals surface area contributed by atoms with Crippen molar-refractivity contribution in [2.75, 3.05) is 39.4 Å². The van der Waals surface area contributed by atoms with Gasteiger partial charge in [-0.3, -0.25) is 18.9 Å². The summed E-state index contributed by atoms with van der Waals surface area (Å²) in [4.78, 5) is 35.0. The molecule has 2 aromatic heterocycles. The maximum atomic E-state index is 13.3. The van der Waals surface area contributed by atoms with Gasteiger partial charge < -0.3 is 14.7 Å². The summed E-state index contributed by atoms with van der Waals surface area (Å²) in [5.74, 6) is -1.43. The number of aromatic nitrogens is 2. The smallest absolute Gasteiger partial charge is 0.295 e. The number of morpholine rings is 1. The number of pyridine rings is 1. The first kappa shape index (κ1) is 23.3. The van der Waals surface area contributed by atoms with Crippen LogP contribution in [0.1, 0.15) is 35.0 Å². The molecular weight excluding hydrogens is 444 g/mol. The van der Waals surface area contributed by atoms with Crippen LogP contribution < -0.4 is 0 Å². The SMILES string of the molecule is Cc1ccc([C@@H]2C(=C(O)c3c(C)nc4ccccn34)C(=O)C(=O)N2CCCN2CCOCC2)cc1. The van der Waals surface area contributed by atoms with Gasteiger partial charge in [-0.25, -0.2) is 4.98 Å². The van der Waals surface area contributed by atoms with Crippen LogP contribution in [0.4, 0.5) is 0 Å². The standard InChI is InChI=1S/C27H30N4O4/c1-18-7-9-20(10-8-18)24-22(25(32)23-19(2)28-21-6-3-4-12-30(21)23)26(33)27(34)31(24)13-5-11-29-14-16-35-17-15-29/h3-4,6-10,12,24,32H,5,11,13-17H2,1-2H3/t24-/m1/s1. The molecule has 2 saturated heterocycles. The summed E-state index contributed by atoms with van der Waals surface area (Å²) in [6.07, 6.45) is 2.52. The van der Waals surface area contributed by atoms with E-state index in [-0.39, 0.29) is 11.3 Å². The van der Waals surface area contributed by atoms with Gasteiger partial charge in [-0.2, -0.15) is 0 Å². The number of aliphatic hydroxyl groups excluding tert-OH is 1. The van der Waals surface area contributed by atoms with E-state index in [4.69, 9.17) is 4.74 Å². The van der Waals surface area contributed by atoms with Gasteiger partial charge in [-0.1, -0.05) is 35.9 Å². The Labute approximate surface area is 204 Å². The summed E-state index contributed by atoms with van der Waals surface area (Å²) in [5.41, 5.74) is 3.68. The molecule has 2 fully saturated rings. The Bertz CT molecular complexity index is 1290. The molecule has 0 radical (unpaired) electrons. The Morgan fingerprint density at radius 1 is 1.06 bits per heavy atom. The second-order valence-corrected chi connectivity index (χ2v) is 9.19. The normalized spacial score (nSPS) is 20.7. The maximum Gasteiger partial charge on any atom is 0.295 e. The molecule has 0 aliphatic carbocycles. The lowest BCUT2D eigenvalue weighted by atomic mass is 9.95. The average molecular weight is 475 g/mol. The number of ketones is 1. The molecule has 1 N–H and O–H groups in total. The fourth-order valence-corrected chi connectivity index (χ4v) is 5.02. The fourth-order valence-electron chi connectivity index (χ4n) is 5.02. The van der Waals surface area contributed by atoms with Gasteiger partial charge in [0.2, 0.25) is 0 Å². The van der Waals surface area contributed by atoms with Crippen LogP contribution in [0, 0.1) is 13.8 Å². The molecule has 0 unspecified atom stereocenters. The molecule has 5 rings (SSSR count). The number of aryl methyl sites for hydroxylation is 2. The van der Waals surface area contributed by atoms with E-state index in [0.717, 1.165) is 37.2 Å². The zero-order valence-corrected chi connectivity index (χ0v) is 20.1. The van der Waals surface area contributed by atoms with Crippen molar-refractivity contribution in [3.63, 3.8) is 0 Å². The number of carbonyl (C=O) groups is 2. The van der Waals surface area contributed by atoms with E-state index in [9.17, 15) is 14.7 Å². The molecule has 2 aliphatic rings. The van der Waals surface area contributed by atoms with Crippen molar-refractivity contribution in [1.82, 2.24) is 19.2 Å². The highest BCUT2D eigenvalue weighted by molar-refractivity contribution is 6.46. The Balaban J connectivity index is 1.54. The largest absolute Gasteiger partial charge is 0.505 e. The van der Waals surface area contributed by atoms with Gasteiger partial charge in [0.05, 0.1) is 30.5 Å². The molecule has 0 bridgehead atoms. The summed E-state index contributed by atoms with van der Waals surface area (Å²) in [6.45, 7) is 8.19. The third-order valence-electron chi connectivity index (χ3n) is 6.84. The number of carbonyl (C=O) groups excluding carboxylic acids is 2. The molecule has 2 aliphatic heterocycles. The number of hydrogen-bond donors (Lipinski definition) is 1. The van der Waals surface area contributed by atoms with E-state index < -0.39 is 17.7 Å². The minimum atomic E-state index is -0.662. The number of Topliss-reactive ketones (excluding diaryl/α,β-unsaturated/α-hetero) is 1. The van der Waals surface area contributed by atoms with Gasteiger partial charge in [-0.05, 0) is 38.0 Å². The predicted molar refractivity (Wildman–Crippen MR) is 132 cm³/mol. The molecule has 8 heteroatoms. The second-order valence-electron chi connectivity index (χ2n) is 9.19. The lowest BCUT2D eigenvalue weighted by molar-refractivity contribution is -0.140. The molecule has 0 spiro atoms. The van der Waals surface area contributed by atoms with Crippen LogP contribution in [-0.4, -0.2) is 75.4 Å². The molecule has 1 aromatic carbocycles. The Hall–Kier alpha value is -3.49. The number of amides is 1. The van der Waals surface area contributed by atoms with Crippen molar-refractivity contribution in [2.45, 2.75) is 26.3 Å². The highest BCUT2D eigenvalue weighted by Gasteiger charge is 2.46. The van der Waals surface area contributed by atoms with E-state index in [1.807, 2.05) is 49.4 Å². The Morgan fingerprint density at radius 2 is 1.80 bits per heavy atom. The van der Waals surface area contributed by atoms with E-state index >= 15 is 0 Å². The van der Waals surface area contributed by atoms with Crippen LogP contribution in [0.2, 0.25) is 0 Å². The molecule has 1 atom stereocenters. The Kier molecular flexibility index (Phi) is 6.40. The first-order valence-electron chi connectivity index (χ1n) is 12.0. The molecule has 3 aromatic rings. The fraction of sp³-hybridized carbons (Fsp3) is 0.370. The number of aliphatic hydroxyl groups is 1. The van der Waals surface area contributed by atoms with Crippen LogP contribution in [-0.2, 0) is 14.3 Å². The highest BCUT2D eigenvalue weighted by Crippen LogP contribution is 2.40. The number of imidazole rings is 1. The summed E-state index contributed by atoms with van der Waals surface area (Å²) >= 11 is 0. The quantitative estimate of drug-likeness (QED) is 0.336. The number of nitrogens with zero attached hydrogens (tertiary/aromatic N) is 4. The summed E-state index contributed by atoms with van der Waals surface area (Å²) < 4.78 is 7.17. The monoisotopic (exact) mass is 474 g/mol. The van der Waals surface area contributed by atoms with Crippen LogP contribution in [0.3, 0.4) is 0 Å². The molecule has 4 heterocycles. The van der Waals surface area contributed by atoms with Crippen molar-refractivity contribution < 1.29 is 19.4 Å². The molecule has 182 valence electrons. The van der Waals surface area contributed by atoms with Crippen molar-refractivity contribution in [3.05, 3.63) is 76.7 Å². The van der Waals surface area contributed by atoms with Crippen molar-refractivity contribution in [2.24, 2.45) is 0 Å². The van der Waals surface area contributed by atoms with Crippen molar-refractivity contribution in [1.29, 1.82) is 0 Å². The van der Waals surface area contributed by atoms with Crippen molar-refractivity contribution >= 4 is 23.1 Å². The first-order chi connectivity index (χ1) is 17.0. The zero-order valence-electron chi connectivity index (χ0n) is 20.1. The Morgan fingerprint density at radius 3 is 2.54 bits per heavy atom. The van der Waals surface area contributed by atoms with Gasteiger partial charge in [0.15, 0.2) is 5.76 Å². The molecule has 1 amide bonds. The summed E-state index contributed by atoms with van der Waals surface area (Å²) in [5, 5.41) is 11.5. The number of ether oxygens (including phenoxy) is 1.